The second-order valence-electron chi connectivity index (χ2n) is 6.84. The van der Waals surface area contributed by atoms with Gasteiger partial charge in [-0.15, -0.1) is 0 Å². The van der Waals surface area contributed by atoms with Gasteiger partial charge in [-0.2, -0.15) is 12.7 Å². The number of carbonyl (C=O) groups is 1. The van der Waals surface area contributed by atoms with Crippen LogP contribution in [-0.4, -0.2) is 54.8 Å². The van der Waals surface area contributed by atoms with E-state index in [1.807, 2.05) is 0 Å². The van der Waals surface area contributed by atoms with Crippen LogP contribution in [0.5, 0.6) is 0 Å². The van der Waals surface area contributed by atoms with Crippen molar-refractivity contribution in [3.8, 4) is 0 Å². The molecule has 2 N–H and O–H groups in total. The van der Waals surface area contributed by atoms with Crippen molar-refractivity contribution in [2.24, 2.45) is 0 Å². The SMILES string of the molecule is Cc1cnc2[nH]cc(C(=O)c3c(F)ccc(NS(=O)(=O)N4CCOCC4)c3F)c2c1. The lowest BCUT2D eigenvalue weighted by molar-refractivity contribution is 0.0733. The number of nitrogens with zero attached hydrogens (tertiary/aromatic N) is 2. The van der Waals surface area contributed by atoms with Crippen LogP contribution < -0.4 is 4.72 Å². The molecule has 1 aliphatic rings. The van der Waals surface area contributed by atoms with Crippen LogP contribution in [0.2, 0.25) is 0 Å². The van der Waals surface area contributed by atoms with Crippen molar-refractivity contribution in [2.45, 2.75) is 6.92 Å². The number of aryl methyl sites for hydroxylation is 1. The molecule has 1 aromatic carbocycles. The van der Waals surface area contributed by atoms with Gasteiger partial charge in [-0.05, 0) is 30.7 Å². The minimum atomic E-state index is -4.09. The number of hydrogen-bond acceptors (Lipinski definition) is 5. The summed E-state index contributed by atoms with van der Waals surface area (Å²) < 4.78 is 62.9. The lowest BCUT2D eigenvalue weighted by atomic mass is 10.0. The van der Waals surface area contributed by atoms with Gasteiger partial charge >= 0.3 is 10.2 Å². The molecule has 0 radical (unpaired) electrons. The number of aromatic nitrogens is 2. The van der Waals surface area contributed by atoms with Gasteiger partial charge in [-0.1, -0.05) is 0 Å². The minimum absolute atomic E-state index is 0.0344. The number of nitrogens with one attached hydrogen (secondary N) is 2. The van der Waals surface area contributed by atoms with Crippen molar-refractivity contribution in [1.82, 2.24) is 14.3 Å². The van der Waals surface area contributed by atoms with Crippen molar-refractivity contribution in [3.63, 3.8) is 0 Å². The molecule has 0 saturated carbocycles. The van der Waals surface area contributed by atoms with Gasteiger partial charge in [0.1, 0.15) is 11.5 Å². The Kier molecular flexibility index (Phi) is 5.26. The summed E-state index contributed by atoms with van der Waals surface area (Å²) in [5.41, 5.74) is -0.162. The summed E-state index contributed by atoms with van der Waals surface area (Å²) in [7, 11) is -4.09. The van der Waals surface area contributed by atoms with Crippen LogP contribution in [0.3, 0.4) is 0 Å². The van der Waals surface area contributed by atoms with Crippen LogP contribution in [0.1, 0.15) is 21.5 Å². The first-order valence-electron chi connectivity index (χ1n) is 9.10. The summed E-state index contributed by atoms with van der Waals surface area (Å²) >= 11 is 0. The van der Waals surface area contributed by atoms with E-state index in [2.05, 4.69) is 14.7 Å². The number of pyridine rings is 1. The number of benzene rings is 1. The van der Waals surface area contributed by atoms with E-state index in [4.69, 9.17) is 4.74 Å². The molecule has 1 saturated heterocycles. The number of morpholine rings is 1. The number of fused-ring (bicyclic) bond motifs is 1. The minimum Gasteiger partial charge on any atom is -0.379 e. The van der Waals surface area contributed by atoms with Crippen LogP contribution >= 0.6 is 0 Å². The lowest BCUT2D eigenvalue weighted by Crippen LogP contribution is -2.43. The van der Waals surface area contributed by atoms with Crippen molar-refractivity contribution in [2.75, 3.05) is 31.0 Å². The van der Waals surface area contributed by atoms with Crippen molar-refractivity contribution in [1.29, 1.82) is 0 Å². The number of carbonyl (C=O) groups excluding carboxylic acids is 1. The van der Waals surface area contributed by atoms with Gasteiger partial charge in [-0.3, -0.25) is 9.52 Å². The third-order valence-electron chi connectivity index (χ3n) is 4.78. The third kappa shape index (κ3) is 3.66. The molecule has 0 spiro atoms. The van der Waals surface area contributed by atoms with Crippen LogP contribution in [0.15, 0.2) is 30.6 Å². The van der Waals surface area contributed by atoms with Gasteiger partial charge in [0, 0.05) is 36.4 Å². The molecule has 0 unspecified atom stereocenters. The fourth-order valence-electron chi connectivity index (χ4n) is 3.26. The van der Waals surface area contributed by atoms with E-state index in [1.54, 1.807) is 19.2 Å². The Bertz CT molecular complexity index is 1240. The van der Waals surface area contributed by atoms with Crippen LogP contribution in [-0.2, 0) is 14.9 Å². The molecule has 3 heterocycles. The summed E-state index contributed by atoms with van der Waals surface area (Å²) in [6.07, 6.45) is 2.91. The van der Waals surface area contributed by atoms with E-state index < -0.39 is 38.9 Å². The summed E-state index contributed by atoms with van der Waals surface area (Å²) in [5.74, 6) is -3.30. The Morgan fingerprint density at radius 1 is 1.27 bits per heavy atom. The van der Waals surface area contributed by atoms with Gasteiger partial charge in [0.25, 0.3) is 0 Å². The highest BCUT2D eigenvalue weighted by Gasteiger charge is 2.29. The van der Waals surface area contributed by atoms with Crippen LogP contribution in [0.4, 0.5) is 14.5 Å². The molecular formula is C19H18F2N4O4S. The number of ether oxygens (including phenoxy) is 1. The first kappa shape index (κ1) is 20.4. The molecule has 158 valence electrons. The van der Waals surface area contributed by atoms with E-state index in [1.165, 1.54) is 6.20 Å². The van der Waals surface area contributed by atoms with E-state index in [0.717, 1.165) is 22.0 Å². The average molecular weight is 436 g/mol. The van der Waals surface area contributed by atoms with Gasteiger partial charge in [0.05, 0.1) is 24.5 Å². The zero-order valence-corrected chi connectivity index (χ0v) is 16.7. The zero-order chi connectivity index (χ0) is 21.5. The Labute approximate surface area is 171 Å². The Balaban J connectivity index is 1.72. The number of aromatic amines is 1. The van der Waals surface area contributed by atoms with E-state index in [9.17, 15) is 17.6 Å². The largest absolute Gasteiger partial charge is 0.379 e. The maximum absolute atomic E-state index is 15.1. The van der Waals surface area contributed by atoms with Crippen LogP contribution in [0, 0.1) is 18.6 Å². The smallest absolute Gasteiger partial charge is 0.301 e. The summed E-state index contributed by atoms with van der Waals surface area (Å²) in [4.78, 5) is 19.9. The number of rotatable bonds is 5. The Hall–Kier alpha value is -2.89. The number of halogens is 2. The van der Waals surface area contributed by atoms with Crippen molar-refractivity contribution in [3.05, 3.63) is 58.9 Å². The molecule has 8 nitrogen and oxygen atoms in total. The molecule has 0 atom stereocenters. The normalized spacial score (nSPS) is 15.4. The highest BCUT2D eigenvalue weighted by molar-refractivity contribution is 7.90. The monoisotopic (exact) mass is 436 g/mol. The zero-order valence-electron chi connectivity index (χ0n) is 15.9. The number of H-pyrrole nitrogens is 1. The molecule has 0 aliphatic carbocycles. The molecule has 1 fully saturated rings. The Morgan fingerprint density at radius 3 is 2.73 bits per heavy atom. The molecule has 30 heavy (non-hydrogen) atoms. The molecule has 0 bridgehead atoms. The van der Waals surface area contributed by atoms with E-state index in [-0.39, 0.29) is 31.9 Å². The first-order chi connectivity index (χ1) is 14.3. The quantitative estimate of drug-likeness (QED) is 0.598. The summed E-state index contributed by atoms with van der Waals surface area (Å²) in [6, 6.07) is 3.47. The average Bonchev–Trinajstić information content (AvgIpc) is 3.14. The predicted octanol–water partition coefficient (Wildman–Crippen LogP) is 2.37. The number of hydrogen-bond donors (Lipinski definition) is 2. The highest BCUT2D eigenvalue weighted by Crippen LogP contribution is 2.28. The molecular weight excluding hydrogens is 418 g/mol. The Morgan fingerprint density at radius 2 is 2.00 bits per heavy atom. The van der Waals surface area contributed by atoms with Crippen molar-refractivity contribution >= 4 is 32.7 Å². The number of anilines is 1. The molecule has 4 rings (SSSR count). The van der Waals surface area contributed by atoms with Gasteiger partial charge in [0.2, 0.25) is 5.78 Å². The predicted molar refractivity (Wildman–Crippen MR) is 106 cm³/mol. The van der Waals surface area contributed by atoms with Crippen LogP contribution in [0.25, 0.3) is 11.0 Å². The third-order valence-corrected chi connectivity index (χ3v) is 6.30. The summed E-state index contributed by atoms with van der Waals surface area (Å²) in [5, 5.41) is 0.415. The second kappa shape index (κ2) is 7.74. The number of ketones is 1. The fraction of sp³-hybridized carbons (Fsp3) is 0.263. The highest BCUT2D eigenvalue weighted by atomic mass is 32.2. The molecule has 11 heteroatoms. The topological polar surface area (TPSA) is 104 Å². The second-order valence-corrected chi connectivity index (χ2v) is 8.51. The molecule has 3 aromatic rings. The standard InChI is InChI=1S/C19H18F2N4O4S/c1-11-8-12-13(10-23-19(12)22-9-11)18(26)16-14(20)2-3-15(17(16)21)24-30(27,28)25-4-6-29-7-5-25/h2-3,8-10,24H,4-7H2,1H3,(H,22,23). The summed E-state index contributed by atoms with van der Waals surface area (Å²) in [6.45, 7) is 2.41. The molecule has 1 aliphatic heterocycles. The maximum Gasteiger partial charge on any atom is 0.301 e. The fourth-order valence-corrected chi connectivity index (χ4v) is 4.45. The van der Waals surface area contributed by atoms with E-state index >= 15 is 4.39 Å². The van der Waals surface area contributed by atoms with Crippen molar-refractivity contribution < 1.29 is 26.7 Å². The molecule has 2 aromatic heterocycles. The first-order valence-corrected chi connectivity index (χ1v) is 10.5. The van der Waals surface area contributed by atoms with Gasteiger partial charge in [-0.25, -0.2) is 13.8 Å². The lowest BCUT2D eigenvalue weighted by Gasteiger charge is -2.26. The van der Waals surface area contributed by atoms with Gasteiger partial charge < -0.3 is 9.72 Å². The molecule has 0 amide bonds. The van der Waals surface area contributed by atoms with Gasteiger partial charge in [0.15, 0.2) is 5.82 Å². The van der Waals surface area contributed by atoms with E-state index in [0.29, 0.717) is 11.0 Å². The maximum atomic E-state index is 15.1.